The third-order valence-corrected chi connectivity index (χ3v) is 3.67. The molecule has 102 valence electrons. The fourth-order valence-electron chi connectivity index (χ4n) is 1.34. The Morgan fingerprint density at radius 1 is 1.42 bits per heavy atom. The molecule has 7 heteroatoms. The number of benzene rings is 1. The first-order valence-corrected chi connectivity index (χ1v) is 6.92. The van der Waals surface area contributed by atoms with Gasteiger partial charge in [-0.25, -0.2) is 13.1 Å². The van der Waals surface area contributed by atoms with Crippen LogP contribution in [0.2, 0.25) is 0 Å². The molecule has 1 aromatic carbocycles. The minimum absolute atomic E-state index is 0.0598. The van der Waals surface area contributed by atoms with Gasteiger partial charge in [0.05, 0.1) is 18.0 Å². The summed E-state index contributed by atoms with van der Waals surface area (Å²) in [6.07, 6.45) is 0. The van der Waals surface area contributed by atoms with E-state index < -0.39 is 22.5 Å². The first kappa shape index (κ1) is 15.2. The highest BCUT2D eigenvalue weighted by molar-refractivity contribution is 7.89. The molecule has 0 saturated heterocycles. The Morgan fingerprint density at radius 2 is 2.11 bits per heavy atom. The van der Waals surface area contributed by atoms with Crippen LogP contribution in [-0.2, 0) is 14.8 Å². The Morgan fingerprint density at radius 3 is 2.63 bits per heavy atom. The Bertz CT molecular complexity index is 642. The molecule has 5 N–H and O–H groups in total. The van der Waals surface area contributed by atoms with Crippen molar-refractivity contribution in [2.24, 2.45) is 11.5 Å². The lowest BCUT2D eigenvalue weighted by Crippen LogP contribution is -2.33. The number of rotatable bonds is 4. The summed E-state index contributed by atoms with van der Waals surface area (Å²) in [5, 5.41) is 0. The molecule has 0 aliphatic rings. The molecule has 0 saturated carbocycles. The number of carbonyl (C=O) groups excluding carboxylic acids is 1. The zero-order valence-corrected chi connectivity index (χ0v) is 11.3. The van der Waals surface area contributed by atoms with Crippen molar-refractivity contribution in [2.75, 3.05) is 13.1 Å². The topological polar surface area (TPSA) is 115 Å². The third kappa shape index (κ3) is 4.37. The van der Waals surface area contributed by atoms with Gasteiger partial charge in [0.15, 0.2) is 0 Å². The summed E-state index contributed by atoms with van der Waals surface area (Å²) in [6.45, 7) is 1.55. The maximum Gasteiger partial charge on any atom is 0.241 e. The molecule has 0 atom stereocenters. The lowest BCUT2D eigenvalue weighted by atomic mass is 10.1. The lowest BCUT2D eigenvalue weighted by molar-refractivity contribution is -0.116. The van der Waals surface area contributed by atoms with Crippen LogP contribution in [0.3, 0.4) is 0 Å². The summed E-state index contributed by atoms with van der Waals surface area (Å²) in [5.41, 5.74) is 11.6. The quantitative estimate of drug-likeness (QED) is 0.618. The van der Waals surface area contributed by atoms with E-state index in [1.54, 1.807) is 13.0 Å². The summed E-state index contributed by atoms with van der Waals surface area (Å²) >= 11 is 0. The van der Waals surface area contributed by atoms with Gasteiger partial charge in [-0.05, 0) is 30.7 Å². The molecule has 0 bridgehead atoms. The maximum absolute atomic E-state index is 11.8. The molecule has 1 amide bonds. The zero-order valence-electron chi connectivity index (χ0n) is 10.4. The molecule has 1 rings (SSSR count). The Balaban J connectivity index is 3.03. The summed E-state index contributed by atoms with van der Waals surface area (Å²) in [7, 11) is -3.74. The molecule has 6 nitrogen and oxygen atoms in total. The second kappa shape index (κ2) is 6.33. The molecule has 19 heavy (non-hydrogen) atoms. The van der Waals surface area contributed by atoms with E-state index in [9.17, 15) is 13.2 Å². The highest BCUT2D eigenvalue weighted by Gasteiger charge is 2.15. The van der Waals surface area contributed by atoms with Crippen molar-refractivity contribution in [2.45, 2.75) is 11.8 Å². The number of aryl methyl sites for hydroxylation is 1. The molecule has 1 aromatic rings. The number of hydrogen-bond donors (Lipinski definition) is 3. The van der Waals surface area contributed by atoms with Gasteiger partial charge >= 0.3 is 0 Å². The van der Waals surface area contributed by atoms with Crippen LogP contribution in [0.15, 0.2) is 23.1 Å². The van der Waals surface area contributed by atoms with E-state index in [1.165, 1.54) is 12.1 Å². The predicted molar refractivity (Wildman–Crippen MR) is 71.5 cm³/mol. The predicted octanol–water partition coefficient (Wildman–Crippen LogP) is -0.931. The van der Waals surface area contributed by atoms with Gasteiger partial charge in [-0.3, -0.25) is 4.79 Å². The number of hydrogen-bond acceptors (Lipinski definition) is 4. The maximum atomic E-state index is 11.8. The molecule has 0 aliphatic heterocycles. The van der Waals surface area contributed by atoms with Crippen LogP contribution < -0.4 is 16.2 Å². The number of sulfonamides is 1. The zero-order chi connectivity index (χ0) is 14.5. The molecular formula is C12H15N3O3S. The van der Waals surface area contributed by atoms with Gasteiger partial charge < -0.3 is 11.5 Å². The smallest absolute Gasteiger partial charge is 0.241 e. The molecule has 0 aliphatic carbocycles. The van der Waals surface area contributed by atoms with Crippen LogP contribution in [0, 0.1) is 18.8 Å². The van der Waals surface area contributed by atoms with Gasteiger partial charge in [-0.15, -0.1) is 0 Å². The number of nitrogens with one attached hydrogen (secondary N) is 1. The fourth-order valence-corrected chi connectivity index (χ4v) is 2.42. The number of carbonyl (C=O) groups is 1. The number of amides is 1. The largest absolute Gasteiger partial charge is 0.369 e. The summed E-state index contributed by atoms with van der Waals surface area (Å²) in [5.74, 6) is 4.79. The van der Waals surface area contributed by atoms with E-state index in [0.29, 0.717) is 11.1 Å². The van der Waals surface area contributed by atoms with Crippen LogP contribution in [0.5, 0.6) is 0 Å². The Hall–Kier alpha value is -1.88. The number of nitrogens with two attached hydrogens (primary N) is 2. The monoisotopic (exact) mass is 281 g/mol. The molecule has 0 fully saturated rings. The van der Waals surface area contributed by atoms with Crippen LogP contribution in [0.4, 0.5) is 0 Å². The average molecular weight is 281 g/mol. The summed E-state index contributed by atoms with van der Waals surface area (Å²) in [4.78, 5) is 10.6. The van der Waals surface area contributed by atoms with E-state index in [4.69, 9.17) is 11.5 Å². The second-order valence-corrected chi connectivity index (χ2v) is 5.54. The second-order valence-electron chi connectivity index (χ2n) is 3.77. The van der Waals surface area contributed by atoms with Crippen LogP contribution >= 0.6 is 0 Å². The highest BCUT2D eigenvalue weighted by Crippen LogP contribution is 2.14. The fraction of sp³-hybridized carbons (Fsp3) is 0.250. The van der Waals surface area contributed by atoms with Crippen molar-refractivity contribution in [3.05, 3.63) is 29.3 Å². The van der Waals surface area contributed by atoms with Crippen LogP contribution in [0.1, 0.15) is 11.1 Å². The Kier molecular flexibility index (Phi) is 5.06. The SMILES string of the molecule is Cc1cc(S(=O)(=O)NCC(N)=O)ccc1C#CCN. The van der Waals surface area contributed by atoms with E-state index in [0.717, 1.165) is 0 Å². The van der Waals surface area contributed by atoms with Gasteiger partial charge in [0.2, 0.25) is 15.9 Å². The number of primary amides is 1. The van der Waals surface area contributed by atoms with Gasteiger partial charge in [-0.2, -0.15) is 0 Å². The highest BCUT2D eigenvalue weighted by atomic mass is 32.2. The van der Waals surface area contributed by atoms with Crippen molar-refractivity contribution >= 4 is 15.9 Å². The van der Waals surface area contributed by atoms with E-state index in [-0.39, 0.29) is 11.4 Å². The van der Waals surface area contributed by atoms with Gasteiger partial charge in [-0.1, -0.05) is 11.8 Å². The molecule has 0 heterocycles. The van der Waals surface area contributed by atoms with Crippen molar-refractivity contribution in [3.63, 3.8) is 0 Å². The van der Waals surface area contributed by atoms with E-state index >= 15 is 0 Å². The minimum Gasteiger partial charge on any atom is -0.369 e. The molecule has 0 radical (unpaired) electrons. The lowest BCUT2D eigenvalue weighted by Gasteiger charge is -2.06. The summed E-state index contributed by atoms with van der Waals surface area (Å²) < 4.78 is 25.8. The standard InChI is InChI=1S/C12H15N3O3S/c1-9-7-11(5-4-10(9)3-2-6-13)19(17,18)15-8-12(14)16/h4-5,7,15H,6,8,13H2,1H3,(H2,14,16). The van der Waals surface area contributed by atoms with Crippen LogP contribution in [0.25, 0.3) is 0 Å². The third-order valence-electron chi connectivity index (χ3n) is 2.27. The van der Waals surface area contributed by atoms with Gasteiger partial charge in [0.1, 0.15) is 0 Å². The molecular weight excluding hydrogens is 266 g/mol. The summed E-state index contributed by atoms with van der Waals surface area (Å²) in [6, 6.07) is 4.48. The average Bonchev–Trinajstić information content (AvgIpc) is 2.35. The van der Waals surface area contributed by atoms with E-state index in [2.05, 4.69) is 16.6 Å². The van der Waals surface area contributed by atoms with Gasteiger partial charge in [0, 0.05) is 5.56 Å². The van der Waals surface area contributed by atoms with Crippen molar-refractivity contribution in [1.82, 2.24) is 4.72 Å². The van der Waals surface area contributed by atoms with Gasteiger partial charge in [0.25, 0.3) is 0 Å². The van der Waals surface area contributed by atoms with Crippen molar-refractivity contribution < 1.29 is 13.2 Å². The normalized spacial score (nSPS) is 10.6. The van der Waals surface area contributed by atoms with E-state index in [1.807, 2.05) is 0 Å². The molecule has 0 spiro atoms. The van der Waals surface area contributed by atoms with Crippen molar-refractivity contribution in [1.29, 1.82) is 0 Å². The Labute approximate surface area is 112 Å². The first-order valence-electron chi connectivity index (χ1n) is 5.44. The molecule has 0 unspecified atom stereocenters. The molecule has 0 aromatic heterocycles. The minimum atomic E-state index is -3.74. The first-order chi connectivity index (χ1) is 8.86. The van der Waals surface area contributed by atoms with Crippen LogP contribution in [-0.4, -0.2) is 27.4 Å². The van der Waals surface area contributed by atoms with Crippen molar-refractivity contribution in [3.8, 4) is 11.8 Å².